The fourth-order valence-corrected chi connectivity index (χ4v) is 0.387. The average molecular weight is 230 g/mol. The zero-order valence-corrected chi connectivity index (χ0v) is 9.54. The van der Waals surface area contributed by atoms with Crippen molar-refractivity contribution in [3.8, 4) is 0 Å². The lowest BCUT2D eigenvalue weighted by molar-refractivity contribution is 0.0385. The molecule has 0 aromatic rings. The molecule has 6 nitrogen and oxygen atoms in total. The quantitative estimate of drug-likeness (QED) is 0.502. The Balaban J connectivity index is 0. The first-order valence-electron chi connectivity index (χ1n) is 3.90. The molecule has 0 atom stereocenters. The zero-order valence-electron chi connectivity index (χ0n) is 8.73. The molecule has 0 unspecified atom stereocenters. The van der Waals surface area contributed by atoms with Gasteiger partial charge in [-0.1, -0.05) is 0 Å². The van der Waals surface area contributed by atoms with E-state index in [1.165, 1.54) is 0 Å². The SMILES string of the molecule is COCCOCCOC.CS(=O)(=O)O. The van der Waals surface area contributed by atoms with Crippen molar-refractivity contribution < 1.29 is 27.2 Å². The molecule has 0 spiro atoms. The van der Waals surface area contributed by atoms with Crippen LogP contribution < -0.4 is 0 Å². The lowest BCUT2D eigenvalue weighted by Crippen LogP contribution is -2.06. The van der Waals surface area contributed by atoms with E-state index in [2.05, 4.69) is 0 Å². The van der Waals surface area contributed by atoms with Crippen molar-refractivity contribution in [2.24, 2.45) is 0 Å². The van der Waals surface area contributed by atoms with Crippen LogP contribution in [0.4, 0.5) is 0 Å². The Labute approximate surface area is 84.9 Å². The van der Waals surface area contributed by atoms with Gasteiger partial charge in [0.05, 0.1) is 32.7 Å². The van der Waals surface area contributed by atoms with Gasteiger partial charge in [-0.15, -0.1) is 0 Å². The fraction of sp³-hybridized carbons (Fsp3) is 1.00. The van der Waals surface area contributed by atoms with Gasteiger partial charge in [0.1, 0.15) is 0 Å². The summed E-state index contributed by atoms with van der Waals surface area (Å²) in [6.45, 7) is 2.62. The minimum Gasteiger partial charge on any atom is -0.382 e. The van der Waals surface area contributed by atoms with E-state index in [4.69, 9.17) is 18.8 Å². The van der Waals surface area contributed by atoms with Crippen LogP contribution in [0.1, 0.15) is 0 Å². The molecule has 0 heterocycles. The van der Waals surface area contributed by atoms with E-state index in [0.29, 0.717) is 32.7 Å². The molecular weight excluding hydrogens is 212 g/mol. The topological polar surface area (TPSA) is 82.1 Å². The summed E-state index contributed by atoms with van der Waals surface area (Å²) < 4.78 is 40.4. The highest BCUT2D eigenvalue weighted by atomic mass is 32.2. The Morgan fingerprint density at radius 3 is 1.50 bits per heavy atom. The van der Waals surface area contributed by atoms with E-state index in [1.807, 2.05) is 0 Å². The second-order valence-electron chi connectivity index (χ2n) is 2.33. The van der Waals surface area contributed by atoms with Crippen LogP contribution in [0.3, 0.4) is 0 Å². The molecule has 14 heavy (non-hydrogen) atoms. The number of hydrogen-bond donors (Lipinski definition) is 1. The van der Waals surface area contributed by atoms with Crippen LogP contribution in [0.25, 0.3) is 0 Å². The van der Waals surface area contributed by atoms with E-state index < -0.39 is 10.1 Å². The maximum Gasteiger partial charge on any atom is 0.261 e. The highest BCUT2D eigenvalue weighted by Gasteiger charge is 1.84. The molecule has 0 saturated carbocycles. The fourth-order valence-electron chi connectivity index (χ4n) is 0.387. The summed E-state index contributed by atoms with van der Waals surface area (Å²) >= 11 is 0. The zero-order chi connectivity index (χ0) is 11.4. The standard InChI is InChI=1S/C6H14O3.CH4O3S/c1-7-3-5-9-6-4-8-2;1-5(2,3)4/h3-6H2,1-2H3;1H3,(H,2,3,4). The Bertz CT molecular complexity index is 174. The van der Waals surface area contributed by atoms with Gasteiger partial charge in [-0.05, 0) is 0 Å². The molecule has 0 bridgehead atoms. The molecule has 0 rings (SSSR count). The van der Waals surface area contributed by atoms with Gasteiger partial charge in [0.15, 0.2) is 0 Å². The number of ether oxygens (including phenoxy) is 3. The van der Waals surface area contributed by atoms with Crippen LogP contribution in [0, 0.1) is 0 Å². The van der Waals surface area contributed by atoms with E-state index >= 15 is 0 Å². The van der Waals surface area contributed by atoms with Gasteiger partial charge in [-0.3, -0.25) is 4.55 Å². The predicted molar refractivity (Wildman–Crippen MR) is 52.0 cm³/mol. The summed E-state index contributed by atoms with van der Waals surface area (Å²) in [7, 11) is -0.362. The third-order valence-electron chi connectivity index (χ3n) is 0.864. The Morgan fingerprint density at radius 1 is 1.00 bits per heavy atom. The van der Waals surface area contributed by atoms with E-state index in [1.54, 1.807) is 14.2 Å². The molecule has 0 saturated heterocycles. The second kappa shape index (κ2) is 10.9. The van der Waals surface area contributed by atoms with E-state index in [9.17, 15) is 8.42 Å². The smallest absolute Gasteiger partial charge is 0.261 e. The summed E-state index contributed by atoms with van der Waals surface area (Å²) in [6, 6.07) is 0. The lowest BCUT2D eigenvalue weighted by atomic mass is 10.7. The molecule has 0 aliphatic rings. The Morgan fingerprint density at radius 2 is 1.29 bits per heavy atom. The van der Waals surface area contributed by atoms with Crippen molar-refractivity contribution in [1.29, 1.82) is 0 Å². The van der Waals surface area contributed by atoms with Crippen molar-refractivity contribution in [2.75, 3.05) is 46.9 Å². The number of hydrogen-bond acceptors (Lipinski definition) is 5. The van der Waals surface area contributed by atoms with Crippen molar-refractivity contribution in [3.63, 3.8) is 0 Å². The van der Waals surface area contributed by atoms with Gasteiger partial charge < -0.3 is 14.2 Å². The van der Waals surface area contributed by atoms with Gasteiger partial charge in [0, 0.05) is 14.2 Å². The van der Waals surface area contributed by atoms with Gasteiger partial charge in [-0.2, -0.15) is 8.42 Å². The maximum absolute atomic E-state index is 9.19. The lowest BCUT2D eigenvalue weighted by Gasteiger charge is -2.00. The number of rotatable bonds is 6. The van der Waals surface area contributed by atoms with Gasteiger partial charge in [-0.25, -0.2) is 0 Å². The molecule has 1 N–H and O–H groups in total. The van der Waals surface area contributed by atoms with Crippen molar-refractivity contribution in [3.05, 3.63) is 0 Å². The van der Waals surface area contributed by atoms with Crippen molar-refractivity contribution >= 4 is 10.1 Å². The molecule has 0 aliphatic heterocycles. The third-order valence-corrected chi connectivity index (χ3v) is 0.864. The van der Waals surface area contributed by atoms with Crippen LogP contribution in [0.5, 0.6) is 0 Å². The highest BCUT2D eigenvalue weighted by Crippen LogP contribution is 1.75. The molecule has 0 aliphatic carbocycles. The van der Waals surface area contributed by atoms with Gasteiger partial charge in [0.25, 0.3) is 10.1 Å². The minimum atomic E-state index is -3.67. The average Bonchev–Trinajstić information content (AvgIpc) is 2.01. The molecule has 88 valence electrons. The van der Waals surface area contributed by atoms with Crippen LogP contribution >= 0.6 is 0 Å². The molecule has 0 amide bonds. The Kier molecular flexibility index (Phi) is 12.6. The van der Waals surface area contributed by atoms with E-state index in [0.717, 1.165) is 0 Å². The molecule has 0 radical (unpaired) electrons. The van der Waals surface area contributed by atoms with Crippen LogP contribution in [0.2, 0.25) is 0 Å². The second-order valence-corrected chi connectivity index (χ2v) is 3.80. The summed E-state index contributed by atoms with van der Waals surface area (Å²) in [6.07, 6.45) is 0.715. The van der Waals surface area contributed by atoms with Gasteiger partial charge >= 0.3 is 0 Å². The highest BCUT2D eigenvalue weighted by molar-refractivity contribution is 7.85. The van der Waals surface area contributed by atoms with Crippen LogP contribution in [-0.2, 0) is 24.3 Å². The first-order valence-corrected chi connectivity index (χ1v) is 5.74. The number of methoxy groups -OCH3 is 2. The predicted octanol–water partition coefficient (Wildman–Crippen LogP) is -0.200. The third kappa shape index (κ3) is 40.9. The summed E-state index contributed by atoms with van der Waals surface area (Å²) in [5.74, 6) is 0. The summed E-state index contributed by atoms with van der Waals surface area (Å²) in [5.41, 5.74) is 0. The van der Waals surface area contributed by atoms with Crippen LogP contribution in [0.15, 0.2) is 0 Å². The summed E-state index contributed by atoms with van der Waals surface area (Å²) in [5, 5.41) is 0. The van der Waals surface area contributed by atoms with Crippen LogP contribution in [-0.4, -0.2) is 59.9 Å². The largest absolute Gasteiger partial charge is 0.382 e. The Hall–Kier alpha value is -0.210. The molecule has 7 heteroatoms. The molecule has 0 fully saturated rings. The monoisotopic (exact) mass is 230 g/mol. The maximum atomic E-state index is 9.19. The first-order chi connectivity index (χ1) is 6.41. The molecular formula is C7H18O6S. The molecule has 0 aromatic heterocycles. The van der Waals surface area contributed by atoms with Gasteiger partial charge in [0.2, 0.25) is 0 Å². The first kappa shape index (κ1) is 16.2. The minimum absolute atomic E-state index is 0.653. The summed E-state index contributed by atoms with van der Waals surface area (Å²) in [4.78, 5) is 0. The molecule has 0 aromatic carbocycles. The normalized spacial score (nSPS) is 10.6. The van der Waals surface area contributed by atoms with Crippen molar-refractivity contribution in [1.82, 2.24) is 0 Å². The van der Waals surface area contributed by atoms with E-state index in [-0.39, 0.29) is 0 Å². The van der Waals surface area contributed by atoms with Crippen molar-refractivity contribution in [2.45, 2.75) is 0 Å².